The lowest BCUT2D eigenvalue weighted by Crippen LogP contribution is -2.64. The molecule has 3 aliphatic rings. The molecule has 3 aromatic carbocycles. The number of rotatable bonds is 7. The van der Waals surface area contributed by atoms with Gasteiger partial charge in [-0.15, -0.1) is 0 Å². The molecule has 0 spiro atoms. The average Bonchev–Trinajstić information content (AvgIpc) is 2.85. The predicted octanol–water partition coefficient (Wildman–Crippen LogP) is 4.79. The molecule has 0 saturated carbocycles. The highest BCUT2D eigenvalue weighted by atomic mass is 16.5. The second-order valence-electron chi connectivity index (χ2n) is 9.04. The molecule has 166 valence electrons. The summed E-state index contributed by atoms with van der Waals surface area (Å²) in [5.41, 5.74) is 3.75. The maximum absolute atomic E-state index is 10.2. The van der Waals surface area contributed by atoms with Gasteiger partial charge in [-0.05, 0) is 49.0 Å². The van der Waals surface area contributed by atoms with Crippen molar-refractivity contribution >= 4 is 0 Å². The van der Waals surface area contributed by atoms with E-state index in [9.17, 15) is 5.11 Å². The lowest BCUT2D eigenvalue weighted by atomic mass is 9.70. The van der Waals surface area contributed by atoms with Crippen molar-refractivity contribution in [1.82, 2.24) is 10.2 Å². The van der Waals surface area contributed by atoms with E-state index in [-0.39, 0.29) is 5.75 Å². The number of benzene rings is 3. The number of nitrogens with zero attached hydrogens (tertiary/aromatic N) is 1. The lowest BCUT2D eigenvalue weighted by molar-refractivity contribution is 0.00461. The fourth-order valence-corrected chi connectivity index (χ4v) is 5.87. The fourth-order valence-electron chi connectivity index (χ4n) is 5.87. The lowest BCUT2D eigenvalue weighted by Gasteiger charge is -2.54. The number of phenolic OH excluding ortho intramolecular Hbond substituents is 1. The van der Waals surface area contributed by atoms with Gasteiger partial charge in [-0.25, -0.2) is 0 Å². The van der Waals surface area contributed by atoms with Gasteiger partial charge in [-0.2, -0.15) is 0 Å². The minimum absolute atomic E-state index is 0.198. The first-order valence-electron chi connectivity index (χ1n) is 11.7. The third kappa shape index (κ3) is 4.01. The van der Waals surface area contributed by atoms with Gasteiger partial charge in [-0.3, -0.25) is 4.90 Å². The Hall–Kier alpha value is -2.82. The SMILES string of the molecule is COc1c(O)cccc1CNC1C2CCN(CC2)C1C(c1ccccc1)c1ccccc1. The van der Waals surface area contributed by atoms with E-state index in [1.807, 2.05) is 12.1 Å². The van der Waals surface area contributed by atoms with Crippen LogP contribution in [0.25, 0.3) is 0 Å². The summed E-state index contributed by atoms with van der Waals surface area (Å²) >= 11 is 0. The quantitative estimate of drug-likeness (QED) is 0.568. The predicted molar refractivity (Wildman–Crippen MR) is 128 cm³/mol. The summed E-state index contributed by atoms with van der Waals surface area (Å²) < 4.78 is 5.49. The Labute approximate surface area is 190 Å². The van der Waals surface area contributed by atoms with Crippen LogP contribution < -0.4 is 10.1 Å². The molecule has 3 aromatic rings. The van der Waals surface area contributed by atoms with E-state index in [1.165, 1.54) is 37.1 Å². The molecule has 0 amide bonds. The molecule has 3 fully saturated rings. The highest BCUT2D eigenvalue weighted by molar-refractivity contribution is 5.45. The molecule has 4 heteroatoms. The molecule has 2 unspecified atom stereocenters. The first-order chi connectivity index (χ1) is 15.8. The van der Waals surface area contributed by atoms with Crippen LogP contribution in [0.5, 0.6) is 11.5 Å². The van der Waals surface area contributed by atoms with Crippen LogP contribution in [-0.2, 0) is 6.54 Å². The van der Waals surface area contributed by atoms with Crippen molar-refractivity contribution in [1.29, 1.82) is 0 Å². The van der Waals surface area contributed by atoms with Gasteiger partial charge < -0.3 is 15.2 Å². The van der Waals surface area contributed by atoms with Crippen LogP contribution in [0, 0.1) is 5.92 Å². The van der Waals surface area contributed by atoms with E-state index in [1.54, 1.807) is 13.2 Å². The molecule has 0 aliphatic carbocycles. The minimum atomic E-state index is 0.198. The van der Waals surface area contributed by atoms with E-state index >= 15 is 0 Å². The molecule has 2 N–H and O–H groups in total. The molecule has 0 radical (unpaired) electrons. The van der Waals surface area contributed by atoms with Crippen LogP contribution in [0.1, 0.15) is 35.4 Å². The molecule has 3 saturated heterocycles. The number of para-hydroxylation sites is 1. The van der Waals surface area contributed by atoms with E-state index < -0.39 is 0 Å². The van der Waals surface area contributed by atoms with Gasteiger partial charge in [0.1, 0.15) is 0 Å². The van der Waals surface area contributed by atoms with Crippen molar-refractivity contribution in [2.75, 3.05) is 20.2 Å². The van der Waals surface area contributed by atoms with Gasteiger partial charge in [0.15, 0.2) is 11.5 Å². The highest BCUT2D eigenvalue weighted by Crippen LogP contribution is 2.42. The van der Waals surface area contributed by atoms with Crippen molar-refractivity contribution in [3.05, 3.63) is 95.6 Å². The molecular weight excluding hydrogens is 396 g/mol. The molecule has 4 nitrogen and oxygen atoms in total. The summed E-state index contributed by atoms with van der Waals surface area (Å²) in [6.45, 7) is 3.01. The largest absolute Gasteiger partial charge is 0.504 e. The van der Waals surface area contributed by atoms with Gasteiger partial charge in [0.05, 0.1) is 7.11 Å². The van der Waals surface area contributed by atoms with E-state index in [4.69, 9.17) is 4.74 Å². The van der Waals surface area contributed by atoms with Crippen molar-refractivity contribution < 1.29 is 9.84 Å². The Morgan fingerprint density at radius 2 is 1.53 bits per heavy atom. The summed E-state index contributed by atoms with van der Waals surface area (Å²) in [7, 11) is 1.62. The topological polar surface area (TPSA) is 44.7 Å². The molecule has 2 bridgehead atoms. The zero-order chi connectivity index (χ0) is 21.9. The van der Waals surface area contributed by atoms with Gasteiger partial charge in [0.25, 0.3) is 0 Å². The number of ether oxygens (including phenoxy) is 1. The first-order valence-corrected chi connectivity index (χ1v) is 11.7. The van der Waals surface area contributed by atoms with Crippen molar-refractivity contribution in [3.63, 3.8) is 0 Å². The molecule has 3 heterocycles. The van der Waals surface area contributed by atoms with Crippen LogP contribution in [0.2, 0.25) is 0 Å². The van der Waals surface area contributed by atoms with Crippen LogP contribution >= 0.6 is 0 Å². The van der Waals surface area contributed by atoms with Gasteiger partial charge in [0.2, 0.25) is 0 Å². The van der Waals surface area contributed by atoms with Crippen LogP contribution in [-0.4, -0.2) is 42.3 Å². The van der Waals surface area contributed by atoms with Crippen LogP contribution in [0.15, 0.2) is 78.9 Å². The maximum atomic E-state index is 10.2. The van der Waals surface area contributed by atoms with Crippen LogP contribution in [0.3, 0.4) is 0 Å². The number of fused-ring (bicyclic) bond motifs is 3. The zero-order valence-electron chi connectivity index (χ0n) is 18.7. The smallest absolute Gasteiger partial charge is 0.164 e. The second-order valence-corrected chi connectivity index (χ2v) is 9.04. The number of aromatic hydroxyl groups is 1. The van der Waals surface area contributed by atoms with Crippen molar-refractivity contribution in [3.8, 4) is 11.5 Å². The van der Waals surface area contributed by atoms with Crippen LogP contribution in [0.4, 0.5) is 0 Å². The van der Waals surface area contributed by atoms with Gasteiger partial charge in [0, 0.05) is 30.1 Å². The molecular formula is C28H32N2O2. The molecule has 3 aliphatic heterocycles. The summed E-state index contributed by atoms with van der Waals surface area (Å²) in [5.74, 6) is 1.73. The third-order valence-corrected chi connectivity index (χ3v) is 7.34. The van der Waals surface area contributed by atoms with Crippen molar-refractivity contribution in [2.45, 2.75) is 37.4 Å². The Kier molecular flexibility index (Phi) is 6.15. The maximum Gasteiger partial charge on any atom is 0.164 e. The third-order valence-electron chi connectivity index (χ3n) is 7.34. The normalized spacial score (nSPS) is 24.6. The number of hydrogen-bond donors (Lipinski definition) is 2. The number of piperidine rings is 3. The Morgan fingerprint density at radius 3 is 2.12 bits per heavy atom. The molecule has 32 heavy (non-hydrogen) atoms. The van der Waals surface area contributed by atoms with Crippen molar-refractivity contribution in [2.24, 2.45) is 5.92 Å². The number of methoxy groups -OCH3 is 1. The van der Waals surface area contributed by atoms with E-state index in [0.29, 0.717) is 36.2 Å². The Morgan fingerprint density at radius 1 is 0.906 bits per heavy atom. The highest BCUT2D eigenvalue weighted by Gasteiger charge is 2.46. The summed E-state index contributed by atoms with van der Waals surface area (Å²) in [5, 5.41) is 14.1. The Balaban J connectivity index is 1.49. The van der Waals surface area contributed by atoms with Gasteiger partial charge in [-0.1, -0.05) is 72.8 Å². The summed E-state index contributed by atoms with van der Waals surface area (Å²) in [4.78, 5) is 2.70. The second kappa shape index (κ2) is 9.35. The number of nitrogens with one attached hydrogen (secondary N) is 1. The first kappa shape index (κ1) is 21.0. The molecule has 6 rings (SSSR count). The minimum Gasteiger partial charge on any atom is -0.504 e. The zero-order valence-corrected chi connectivity index (χ0v) is 18.7. The monoisotopic (exact) mass is 428 g/mol. The number of phenols is 1. The Bertz CT molecular complexity index is 977. The molecule has 2 atom stereocenters. The standard InChI is InChI=1S/C28H32N2O2/c1-32-28-23(13-8-14-24(28)31)19-29-26-22-15-17-30(18-16-22)27(26)25(20-9-4-2-5-10-20)21-11-6-3-7-12-21/h2-14,22,25-27,29,31H,15-19H2,1H3. The van der Waals surface area contributed by atoms with Gasteiger partial charge >= 0.3 is 0 Å². The summed E-state index contributed by atoms with van der Waals surface area (Å²) in [6, 6.07) is 28.3. The van der Waals surface area contributed by atoms with E-state index in [2.05, 4.69) is 70.9 Å². The summed E-state index contributed by atoms with van der Waals surface area (Å²) in [6.07, 6.45) is 2.48. The molecule has 0 aromatic heterocycles. The van der Waals surface area contributed by atoms with E-state index in [0.717, 1.165) is 5.56 Å². The average molecular weight is 429 g/mol. The fraction of sp³-hybridized carbons (Fsp3) is 0.357. The number of hydrogen-bond acceptors (Lipinski definition) is 4.